The van der Waals surface area contributed by atoms with Crippen molar-refractivity contribution < 1.29 is 9.53 Å². The van der Waals surface area contributed by atoms with E-state index in [1.165, 1.54) is 4.80 Å². The molecule has 0 aliphatic rings. The first-order chi connectivity index (χ1) is 8.15. The first-order valence-corrected chi connectivity index (χ1v) is 5.76. The zero-order chi connectivity index (χ0) is 12.7. The zero-order valence-electron chi connectivity index (χ0n) is 10.6. The van der Waals surface area contributed by atoms with Crippen molar-refractivity contribution in [2.24, 2.45) is 7.05 Å². The molecule has 0 radical (unpaired) electrons. The van der Waals surface area contributed by atoms with Crippen molar-refractivity contribution >= 4 is 5.97 Å². The van der Waals surface area contributed by atoms with Gasteiger partial charge in [-0.2, -0.15) is 4.80 Å². The summed E-state index contributed by atoms with van der Waals surface area (Å²) in [4.78, 5) is 14.8. The summed E-state index contributed by atoms with van der Waals surface area (Å²) in [6, 6.07) is 0. The fourth-order valence-electron chi connectivity index (χ4n) is 1.51. The van der Waals surface area contributed by atoms with Crippen LogP contribution >= 0.6 is 0 Å². The second-order valence-electron chi connectivity index (χ2n) is 3.71. The highest BCUT2D eigenvalue weighted by Gasteiger charge is 2.13. The summed E-state index contributed by atoms with van der Waals surface area (Å²) in [6.07, 6.45) is 0.958. The summed E-state index contributed by atoms with van der Waals surface area (Å²) < 4.78 is 4.92. The molecule has 0 saturated heterocycles. The van der Waals surface area contributed by atoms with Gasteiger partial charge in [-0.1, -0.05) is 6.92 Å². The summed E-state index contributed by atoms with van der Waals surface area (Å²) in [7, 11) is 1.71. The van der Waals surface area contributed by atoms with E-state index in [-0.39, 0.29) is 12.5 Å². The minimum Gasteiger partial charge on any atom is -0.465 e. The Hall–Kier alpha value is -1.50. The van der Waals surface area contributed by atoms with Gasteiger partial charge in [0.25, 0.3) is 0 Å². The molecule has 0 N–H and O–H groups in total. The fourth-order valence-corrected chi connectivity index (χ4v) is 1.51. The first kappa shape index (κ1) is 13.6. The van der Waals surface area contributed by atoms with Crippen LogP contribution in [0.25, 0.3) is 0 Å². The molecule has 7 nitrogen and oxygen atoms in total. The second kappa shape index (κ2) is 6.95. The van der Waals surface area contributed by atoms with Crippen molar-refractivity contribution in [3.63, 3.8) is 0 Å². The van der Waals surface area contributed by atoms with Crippen LogP contribution in [0.4, 0.5) is 0 Å². The topological polar surface area (TPSA) is 73.1 Å². The summed E-state index contributed by atoms with van der Waals surface area (Å²) in [6.45, 7) is 5.84. The van der Waals surface area contributed by atoms with Crippen LogP contribution in [0, 0.1) is 0 Å². The highest BCUT2D eigenvalue weighted by molar-refractivity contribution is 5.71. The number of tetrazole rings is 1. The third-order valence-electron chi connectivity index (χ3n) is 2.11. The van der Waals surface area contributed by atoms with Crippen LogP contribution in [0.5, 0.6) is 0 Å². The Morgan fingerprint density at radius 1 is 1.47 bits per heavy atom. The smallest absolute Gasteiger partial charge is 0.320 e. The van der Waals surface area contributed by atoms with Gasteiger partial charge in [0.15, 0.2) is 5.82 Å². The summed E-state index contributed by atoms with van der Waals surface area (Å²) in [5.74, 6) is 0.398. The molecule has 7 heteroatoms. The van der Waals surface area contributed by atoms with Crippen molar-refractivity contribution in [2.45, 2.75) is 26.8 Å². The van der Waals surface area contributed by atoms with Crippen LogP contribution in [-0.2, 0) is 23.1 Å². The standard InChI is InChI=1S/C10H19N5O2/c1-4-6-15(8-10(16)17-5-2)7-9-11-13-14(3)12-9/h4-8H2,1-3H3. The molecule has 0 unspecified atom stereocenters. The number of aromatic nitrogens is 4. The first-order valence-electron chi connectivity index (χ1n) is 5.76. The zero-order valence-corrected chi connectivity index (χ0v) is 10.6. The molecule has 17 heavy (non-hydrogen) atoms. The van der Waals surface area contributed by atoms with Crippen LogP contribution in [0.15, 0.2) is 0 Å². The number of ether oxygens (including phenoxy) is 1. The van der Waals surface area contributed by atoms with E-state index in [4.69, 9.17) is 4.74 Å². The van der Waals surface area contributed by atoms with E-state index in [1.807, 2.05) is 4.90 Å². The molecular formula is C10H19N5O2. The highest BCUT2D eigenvalue weighted by atomic mass is 16.5. The van der Waals surface area contributed by atoms with E-state index in [0.717, 1.165) is 13.0 Å². The van der Waals surface area contributed by atoms with Gasteiger partial charge in [-0.05, 0) is 25.1 Å². The molecule has 1 rings (SSSR count). The van der Waals surface area contributed by atoms with Gasteiger partial charge in [0, 0.05) is 0 Å². The molecule has 0 bridgehead atoms. The van der Waals surface area contributed by atoms with Gasteiger partial charge in [-0.15, -0.1) is 10.2 Å². The van der Waals surface area contributed by atoms with E-state index in [2.05, 4.69) is 22.3 Å². The lowest BCUT2D eigenvalue weighted by atomic mass is 10.4. The molecule has 1 heterocycles. The average Bonchev–Trinajstić information content (AvgIpc) is 2.64. The maximum absolute atomic E-state index is 11.4. The van der Waals surface area contributed by atoms with E-state index >= 15 is 0 Å². The van der Waals surface area contributed by atoms with Crippen LogP contribution in [-0.4, -0.2) is 50.8 Å². The van der Waals surface area contributed by atoms with Gasteiger partial charge < -0.3 is 4.74 Å². The van der Waals surface area contributed by atoms with Crippen molar-refractivity contribution in [3.8, 4) is 0 Å². The van der Waals surface area contributed by atoms with Crippen LogP contribution in [0.1, 0.15) is 26.1 Å². The van der Waals surface area contributed by atoms with Crippen molar-refractivity contribution in [1.29, 1.82) is 0 Å². The third kappa shape index (κ3) is 4.90. The van der Waals surface area contributed by atoms with E-state index in [9.17, 15) is 4.79 Å². The molecule has 0 aliphatic carbocycles. The second-order valence-corrected chi connectivity index (χ2v) is 3.71. The Kier molecular flexibility index (Phi) is 5.55. The molecule has 0 atom stereocenters. The van der Waals surface area contributed by atoms with Crippen LogP contribution < -0.4 is 0 Å². The summed E-state index contributed by atoms with van der Waals surface area (Å²) in [5.41, 5.74) is 0. The van der Waals surface area contributed by atoms with Gasteiger partial charge in [-0.25, -0.2) is 0 Å². The Labute approximate surface area is 101 Å². The molecule has 0 aromatic carbocycles. The number of carbonyl (C=O) groups is 1. The predicted molar refractivity (Wildman–Crippen MR) is 61.0 cm³/mol. The Morgan fingerprint density at radius 2 is 2.24 bits per heavy atom. The Bertz CT molecular complexity index is 352. The minimum absolute atomic E-state index is 0.218. The monoisotopic (exact) mass is 241 g/mol. The van der Waals surface area contributed by atoms with E-state index in [0.29, 0.717) is 19.0 Å². The SMILES string of the molecule is CCCN(CC(=O)OCC)Cc1nnn(C)n1. The molecule has 1 aromatic heterocycles. The number of nitrogens with zero attached hydrogens (tertiary/aromatic N) is 5. The van der Waals surface area contributed by atoms with Gasteiger partial charge in [-0.3, -0.25) is 9.69 Å². The molecule has 96 valence electrons. The summed E-state index contributed by atoms with van der Waals surface area (Å²) in [5, 5.41) is 11.7. The predicted octanol–water partition coefficient (Wildman–Crippen LogP) is -0.0148. The normalized spacial score (nSPS) is 10.8. The van der Waals surface area contributed by atoms with Crippen LogP contribution in [0.3, 0.4) is 0 Å². The maximum atomic E-state index is 11.4. The van der Waals surface area contributed by atoms with Gasteiger partial charge in [0.2, 0.25) is 0 Å². The number of rotatable bonds is 7. The number of hydrogen-bond acceptors (Lipinski definition) is 6. The molecule has 1 aromatic rings. The molecule has 0 spiro atoms. The van der Waals surface area contributed by atoms with Crippen molar-refractivity contribution in [2.75, 3.05) is 19.7 Å². The molecular weight excluding hydrogens is 222 g/mol. The Morgan fingerprint density at radius 3 is 2.76 bits per heavy atom. The van der Waals surface area contributed by atoms with Gasteiger partial charge >= 0.3 is 5.97 Å². The summed E-state index contributed by atoms with van der Waals surface area (Å²) >= 11 is 0. The fraction of sp³-hybridized carbons (Fsp3) is 0.800. The number of aryl methyl sites for hydroxylation is 1. The minimum atomic E-state index is -0.218. The quantitative estimate of drug-likeness (QED) is 0.625. The lowest BCUT2D eigenvalue weighted by Gasteiger charge is -2.18. The van der Waals surface area contributed by atoms with Crippen molar-refractivity contribution in [3.05, 3.63) is 5.82 Å². The lowest BCUT2D eigenvalue weighted by Crippen LogP contribution is -2.31. The number of hydrogen-bond donors (Lipinski definition) is 0. The lowest BCUT2D eigenvalue weighted by molar-refractivity contribution is -0.144. The number of esters is 1. The molecule has 0 amide bonds. The Balaban J connectivity index is 2.50. The van der Waals surface area contributed by atoms with Gasteiger partial charge in [0.1, 0.15) is 0 Å². The van der Waals surface area contributed by atoms with Crippen LogP contribution in [0.2, 0.25) is 0 Å². The molecule has 0 aliphatic heterocycles. The molecule has 0 saturated carbocycles. The largest absolute Gasteiger partial charge is 0.465 e. The third-order valence-corrected chi connectivity index (χ3v) is 2.11. The van der Waals surface area contributed by atoms with Gasteiger partial charge in [0.05, 0.1) is 26.7 Å². The maximum Gasteiger partial charge on any atom is 0.320 e. The van der Waals surface area contributed by atoms with Crippen molar-refractivity contribution in [1.82, 2.24) is 25.1 Å². The average molecular weight is 241 g/mol. The van der Waals surface area contributed by atoms with E-state index < -0.39 is 0 Å². The van der Waals surface area contributed by atoms with E-state index in [1.54, 1.807) is 14.0 Å². The highest BCUT2D eigenvalue weighted by Crippen LogP contribution is 1.99. The number of carbonyl (C=O) groups excluding carboxylic acids is 1. The molecule has 0 fully saturated rings.